The highest BCUT2D eigenvalue weighted by atomic mass is 32.1. The zero-order valence-corrected chi connectivity index (χ0v) is 12.1. The van der Waals surface area contributed by atoms with Crippen molar-refractivity contribution in [2.24, 2.45) is 0 Å². The van der Waals surface area contributed by atoms with Crippen molar-refractivity contribution in [1.82, 2.24) is 5.32 Å². The summed E-state index contributed by atoms with van der Waals surface area (Å²) in [6.45, 7) is 5.25. The second-order valence-electron chi connectivity index (χ2n) is 4.58. The van der Waals surface area contributed by atoms with E-state index >= 15 is 0 Å². The second-order valence-corrected chi connectivity index (χ2v) is 5.49. The van der Waals surface area contributed by atoms with E-state index in [2.05, 4.69) is 48.8 Å². The van der Waals surface area contributed by atoms with Crippen molar-refractivity contribution >= 4 is 21.4 Å². The highest BCUT2D eigenvalue weighted by Crippen LogP contribution is 2.31. The number of benzene rings is 1. The second kappa shape index (κ2) is 6.32. The third kappa shape index (κ3) is 2.91. The number of fused-ring (bicyclic) bond motifs is 1. The lowest BCUT2D eigenvalue weighted by molar-refractivity contribution is 0.101. The van der Waals surface area contributed by atoms with Gasteiger partial charge in [0.1, 0.15) is 0 Å². The van der Waals surface area contributed by atoms with E-state index in [4.69, 9.17) is 4.74 Å². The molecule has 1 N–H and O–H groups in total. The molecule has 0 bridgehead atoms. The molecule has 18 heavy (non-hydrogen) atoms. The topological polar surface area (TPSA) is 21.3 Å². The molecule has 0 aliphatic heterocycles. The summed E-state index contributed by atoms with van der Waals surface area (Å²) in [4.78, 5) is 0. The average Bonchev–Trinajstić information content (AvgIpc) is 2.86. The van der Waals surface area contributed by atoms with E-state index in [1.165, 1.54) is 15.6 Å². The van der Waals surface area contributed by atoms with Gasteiger partial charge >= 0.3 is 0 Å². The van der Waals surface area contributed by atoms with Gasteiger partial charge in [-0.15, -0.1) is 11.3 Å². The van der Waals surface area contributed by atoms with Gasteiger partial charge in [0, 0.05) is 17.9 Å². The molecule has 0 spiro atoms. The summed E-state index contributed by atoms with van der Waals surface area (Å²) >= 11 is 1.82. The molecule has 1 heterocycles. The molecule has 0 radical (unpaired) electrons. The quantitative estimate of drug-likeness (QED) is 0.851. The summed E-state index contributed by atoms with van der Waals surface area (Å²) in [6.07, 6.45) is 1.27. The fourth-order valence-corrected chi connectivity index (χ4v) is 3.25. The van der Waals surface area contributed by atoms with Gasteiger partial charge in [-0.2, -0.15) is 0 Å². The van der Waals surface area contributed by atoms with Crippen LogP contribution in [0.2, 0.25) is 0 Å². The first-order valence-corrected chi connectivity index (χ1v) is 7.36. The van der Waals surface area contributed by atoms with E-state index in [0.717, 1.165) is 13.0 Å². The molecule has 2 rings (SSSR count). The number of rotatable bonds is 6. The molecule has 0 saturated heterocycles. The first kappa shape index (κ1) is 13.5. The molecule has 0 aliphatic rings. The van der Waals surface area contributed by atoms with Crippen molar-refractivity contribution in [3.63, 3.8) is 0 Å². The predicted octanol–water partition coefficient (Wildman–Crippen LogP) is 3.98. The predicted molar refractivity (Wildman–Crippen MR) is 79.3 cm³/mol. The minimum absolute atomic E-state index is 0.268. The fraction of sp³-hybridized carbons (Fsp3) is 0.467. The standard InChI is InChI=1S/C15H21NOS/c1-4-16-14(10-11(2)17-3)13-7-5-6-12-8-9-18-15(12)13/h5-9,11,14,16H,4,10H2,1-3H3. The Balaban J connectivity index is 2.31. The highest BCUT2D eigenvalue weighted by Gasteiger charge is 2.16. The maximum Gasteiger partial charge on any atom is 0.0561 e. The molecule has 98 valence electrons. The Labute approximate surface area is 113 Å². The molecule has 3 heteroatoms. The van der Waals surface area contributed by atoms with Gasteiger partial charge in [0.25, 0.3) is 0 Å². The lowest BCUT2D eigenvalue weighted by Gasteiger charge is -2.22. The van der Waals surface area contributed by atoms with Crippen LogP contribution in [0.1, 0.15) is 31.9 Å². The molecule has 2 nitrogen and oxygen atoms in total. The largest absolute Gasteiger partial charge is 0.382 e. The summed E-state index contributed by atoms with van der Waals surface area (Å²) in [5.41, 5.74) is 1.40. The van der Waals surface area contributed by atoms with Crippen molar-refractivity contribution < 1.29 is 4.74 Å². The van der Waals surface area contributed by atoms with E-state index < -0.39 is 0 Å². The van der Waals surface area contributed by atoms with Gasteiger partial charge in [-0.3, -0.25) is 0 Å². The summed E-state index contributed by atoms with van der Waals surface area (Å²) < 4.78 is 6.80. The van der Waals surface area contributed by atoms with Crippen LogP contribution in [-0.2, 0) is 4.74 Å². The number of hydrogen-bond donors (Lipinski definition) is 1. The van der Waals surface area contributed by atoms with Crippen LogP contribution in [-0.4, -0.2) is 19.8 Å². The summed E-state index contributed by atoms with van der Waals surface area (Å²) in [5.74, 6) is 0. The SMILES string of the molecule is CCNC(CC(C)OC)c1cccc2ccsc12. The zero-order valence-electron chi connectivity index (χ0n) is 11.3. The Morgan fingerprint density at radius 1 is 1.33 bits per heavy atom. The van der Waals surface area contributed by atoms with Crippen molar-refractivity contribution in [1.29, 1.82) is 0 Å². The zero-order chi connectivity index (χ0) is 13.0. The Kier molecular flexibility index (Phi) is 4.75. The molecular weight excluding hydrogens is 242 g/mol. The van der Waals surface area contributed by atoms with Gasteiger partial charge in [-0.05, 0) is 42.3 Å². The van der Waals surface area contributed by atoms with Crippen LogP contribution < -0.4 is 5.32 Å². The van der Waals surface area contributed by atoms with Crippen molar-refractivity contribution in [3.05, 3.63) is 35.2 Å². The van der Waals surface area contributed by atoms with E-state index in [-0.39, 0.29) is 6.10 Å². The number of hydrogen-bond acceptors (Lipinski definition) is 3. The van der Waals surface area contributed by atoms with Crippen LogP contribution in [0, 0.1) is 0 Å². The molecule has 0 saturated carbocycles. The smallest absolute Gasteiger partial charge is 0.0561 e. The summed E-state index contributed by atoms with van der Waals surface area (Å²) in [6, 6.07) is 9.11. The van der Waals surface area contributed by atoms with E-state index in [1.807, 2.05) is 11.3 Å². The van der Waals surface area contributed by atoms with Crippen LogP contribution in [0.25, 0.3) is 10.1 Å². The molecule has 2 unspecified atom stereocenters. The van der Waals surface area contributed by atoms with Crippen LogP contribution in [0.15, 0.2) is 29.6 Å². The molecule has 0 fully saturated rings. The molecule has 1 aromatic carbocycles. The van der Waals surface area contributed by atoms with Gasteiger partial charge in [0.2, 0.25) is 0 Å². The Hall–Kier alpha value is -0.900. The maximum atomic E-state index is 5.41. The molecule has 2 aromatic rings. The summed E-state index contributed by atoms with van der Waals surface area (Å²) in [5, 5.41) is 7.07. The molecule has 0 aliphatic carbocycles. The highest BCUT2D eigenvalue weighted by molar-refractivity contribution is 7.17. The van der Waals surface area contributed by atoms with Crippen LogP contribution in [0.5, 0.6) is 0 Å². The summed E-state index contributed by atoms with van der Waals surface area (Å²) in [7, 11) is 1.78. The van der Waals surface area contributed by atoms with E-state index in [1.54, 1.807) is 7.11 Å². The van der Waals surface area contributed by atoms with E-state index in [9.17, 15) is 0 Å². The van der Waals surface area contributed by atoms with Gasteiger partial charge in [0.15, 0.2) is 0 Å². The van der Waals surface area contributed by atoms with Crippen molar-refractivity contribution in [2.45, 2.75) is 32.4 Å². The first-order chi connectivity index (χ1) is 8.76. The average molecular weight is 263 g/mol. The van der Waals surface area contributed by atoms with Gasteiger partial charge in [-0.1, -0.05) is 25.1 Å². The molecule has 1 aromatic heterocycles. The van der Waals surface area contributed by atoms with Gasteiger partial charge in [-0.25, -0.2) is 0 Å². The molecular formula is C15H21NOS. The number of methoxy groups -OCH3 is 1. The molecule has 0 amide bonds. The third-order valence-electron chi connectivity index (χ3n) is 3.31. The maximum absolute atomic E-state index is 5.41. The van der Waals surface area contributed by atoms with E-state index in [0.29, 0.717) is 6.04 Å². The number of nitrogens with one attached hydrogen (secondary N) is 1. The van der Waals surface area contributed by atoms with Crippen LogP contribution in [0.4, 0.5) is 0 Å². The third-order valence-corrected chi connectivity index (χ3v) is 4.28. The molecule has 2 atom stereocenters. The van der Waals surface area contributed by atoms with Crippen LogP contribution >= 0.6 is 11.3 Å². The first-order valence-electron chi connectivity index (χ1n) is 6.48. The van der Waals surface area contributed by atoms with Crippen molar-refractivity contribution in [2.75, 3.05) is 13.7 Å². The minimum Gasteiger partial charge on any atom is -0.382 e. The van der Waals surface area contributed by atoms with Crippen molar-refractivity contribution in [3.8, 4) is 0 Å². The van der Waals surface area contributed by atoms with Gasteiger partial charge in [0.05, 0.1) is 6.10 Å². The number of thiophene rings is 1. The normalized spacial score (nSPS) is 14.8. The van der Waals surface area contributed by atoms with Gasteiger partial charge < -0.3 is 10.1 Å². The monoisotopic (exact) mass is 263 g/mol. The van der Waals surface area contributed by atoms with Crippen LogP contribution in [0.3, 0.4) is 0 Å². The fourth-order valence-electron chi connectivity index (χ4n) is 2.29. The Morgan fingerprint density at radius 3 is 2.89 bits per heavy atom. The Morgan fingerprint density at radius 2 is 2.17 bits per heavy atom. The Bertz CT molecular complexity index is 494. The number of ether oxygens (including phenoxy) is 1. The lowest BCUT2D eigenvalue weighted by Crippen LogP contribution is -2.25. The minimum atomic E-state index is 0.268. The lowest BCUT2D eigenvalue weighted by atomic mass is 10.00.